The number of rotatable bonds is 3. The van der Waals surface area contributed by atoms with Crippen LogP contribution in [0.3, 0.4) is 0 Å². The van der Waals surface area contributed by atoms with Crippen LogP contribution in [0.1, 0.15) is 21.6 Å². The first-order valence-corrected chi connectivity index (χ1v) is 7.89. The van der Waals surface area contributed by atoms with E-state index in [1.807, 2.05) is 59.3 Å². The maximum Gasteiger partial charge on any atom is 0.253 e. The van der Waals surface area contributed by atoms with Gasteiger partial charge in [0, 0.05) is 43.6 Å². The topological polar surface area (TPSA) is 56.4 Å². The lowest BCUT2D eigenvalue weighted by Crippen LogP contribution is -2.51. The van der Waals surface area contributed by atoms with Crippen LogP contribution in [-0.4, -0.2) is 52.8 Å². The summed E-state index contributed by atoms with van der Waals surface area (Å²) in [6.45, 7) is 4.34. The molecule has 2 amide bonds. The standard InChI is InChI=1S/C18H21N3O2/c1-14-4-2-5-15(12-14)18(23)21-10-8-20(9-11-21)17(22)13-16-6-3-7-19-16/h2-7,12,19H,8-11,13H2,1H3. The Hall–Kier alpha value is -2.56. The molecule has 1 aliphatic rings. The smallest absolute Gasteiger partial charge is 0.253 e. The maximum absolute atomic E-state index is 12.5. The molecule has 1 aromatic carbocycles. The summed E-state index contributed by atoms with van der Waals surface area (Å²) < 4.78 is 0. The molecule has 3 rings (SSSR count). The molecular formula is C18H21N3O2. The minimum atomic E-state index is 0.0465. The Morgan fingerprint density at radius 3 is 2.43 bits per heavy atom. The first-order chi connectivity index (χ1) is 11.1. The van der Waals surface area contributed by atoms with E-state index in [0.29, 0.717) is 32.6 Å². The number of nitrogens with zero attached hydrogens (tertiary/aromatic N) is 2. The van der Waals surface area contributed by atoms with Crippen LogP contribution in [0.25, 0.3) is 0 Å². The van der Waals surface area contributed by atoms with Crippen molar-refractivity contribution >= 4 is 11.8 Å². The first-order valence-electron chi connectivity index (χ1n) is 7.89. The van der Waals surface area contributed by atoms with Crippen molar-refractivity contribution in [2.75, 3.05) is 26.2 Å². The molecule has 1 aromatic heterocycles. The molecule has 1 aliphatic heterocycles. The molecule has 0 atom stereocenters. The summed E-state index contributed by atoms with van der Waals surface area (Å²) in [6.07, 6.45) is 2.21. The largest absolute Gasteiger partial charge is 0.365 e. The van der Waals surface area contributed by atoms with Crippen molar-refractivity contribution in [3.63, 3.8) is 0 Å². The van der Waals surface area contributed by atoms with Crippen molar-refractivity contribution in [2.45, 2.75) is 13.3 Å². The number of hydrogen-bond donors (Lipinski definition) is 1. The van der Waals surface area contributed by atoms with Crippen molar-refractivity contribution in [1.82, 2.24) is 14.8 Å². The van der Waals surface area contributed by atoms with Crippen LogP contribution in [0.2, 0.25) is 0 Å². The Kier molecular flexibility index (Phi) is 4.46. The van der Waals surface area contributed by atoms with Gasteiger partial charge in [-0.1, -0.05) is 17.7 Å². The van der Waals surface area contributed by atoms with Crippen molar-refractivity contribution in [2.24, 2.45) is 0 Å². The molecule has 2 aromatic rings. The molecule has 0 spiro atoms. The van der Waals surface area contributed by atoms with Gasteiger partial charge in [0.1, 0.15) is 0 Å². The summed E-state index contributed by atoms with van der Waals surface area (Å²) in [5.74, 6) is 0.153. The molecule has 23 heavy (non-hydrogen) atoms. The van der Waals surface area contributed by atoms with Crippen LogP contribution in [0.4, 0.5) is 0 Å². The monoisotopic (exact) mass is 311 g/mol. The van der Waals surface area contributed by atoms with Crippen molar-refractivity contribution in [1.29, 1.82) is 0 Å². The maximum atomic E-state index is 12.5. The number of carbonyl (C=O) groups excluding carboxylic acids is 2. The van der Waals surface area contributed by atoms with Crippen LogP contribution < -0.4 is 0 Å². The van der Waals surface area contributed by atoms with E-state index in [0.717, 1.165) is 16.8 Å². The fourth-order valence-corrected chi connectivity index (χ4v) is 2.87. The molecule has 0 bridgehead atoms. The van der Waals surface area contributed by atoms with Gasteiger partial charge in [-0.2, -0.15) is 0 Å². The number of aromatic amines is 1. The number of benzene rings is 1. The molecule has 1 fully saturated rings. The predicted octanol–water partition coefficient (Wildman–Crippen LogP) is 1.85. The highest BCUT2D eigenvalue weighted by Crippen LogP contribution is 2.11. The molecule has 5 heteroatoms. The molecule has 0 aliphatic carbocycles. The third kappa shape index (κ3) is 3.62. The molecule has 1 N–H and O–H groups in total. The number of hydrogen-bond acceptors (Lipinski definition) is 2. The Balaban J connectivity index is 1.55. The van der Waals surface area contributed by atoms with E-state index >= 15 is 0 Å². The SMILES string of the molecule is Cc1cccc(C(=O)N2CCN(C(=O)Cc3ccc[nH]3)CC2)c1. The third-order valence-corrected chi connectivity index (χ3v) is 4.19. The Morgan fingerprint density at radius 1 is 1.04 bits per heavy atom. The van der Waals surface area contributed by atoms with E-state index in [-0.39, 0.29) is 11.8 Å². The average molecular weight is 311 g/mol. The van der Waals surface area contributed by atoms with E-state index in [2.05, 4.69) is 4.98 Å². The summed E-state index contributed by atoms with van der Waals surface area (Å²) in [5, 5.41) is 0. The van der Waals surface area contributed by atoms with Gasteiger partial charge in [0.2, 0.25) is 5.91 Å². The van der Waals surface area contributed by atoms with E-state index in [1.54, 1.807) is 0 Å². The molecule has 0 saturated carbocycles. The summed E-state index contributed by atoms with van der Waals surface area (Å²) in [7, 11) is 0. The zero-order chi connectivity index (χ0) is 16.2. The Morgan fingerprint density at radius 2 is 1.78 bits per heavy atom. The van der Waals surface area contributed by atoms with Gasteiger partial charge < -0.3 is 14.8 Å². The average Bonchev–Trinajstić information content (AvgIpc) is 3.07. The summed E-state index contributed by atoms with van der Waals surface area (Å²) in [6, 6.07) is 11.4. The van der Waals surface area contributed by atoms with Gasteiger partial charge in [0.25, 0.3) is 5.91 Å². The van der Waals surface area contributed by atoms with Gasteiger partial charge in [-0.25, -0.2) is 0 Å². The zero-order valence-electron chi connectivity index (χ0n) is 13.3. The van der Waals surface area contributed by atoms with Crippen LogP contribution >= 0.6 is 0 Å². The quantitative estimate of drug-likeness (QED) is 0.940. The molecular weight excluding hydrogens is 290 g/mol. The van der Waals surface area contributed by atoms with Crippen molar-refractivity contribution in [3.05, 3.63) is 59.4 Å². The predicted molar refractivity (Wildman–Crippen MR) is 88.2 cm³/mol. The van der Waals surface area contributed by atoms with Crippen LogP contribution in [0, 0.1) is 6.92 Å². The van der Waals surface area contributed by atoms with Crippen LogP contribution in [0.5, 0.6) is 0 Å². The number of aryl methyl sites for hydroxylation is 1. The summed E-state index contributed by atoms with van der Waals surface area (Å²) in [4.78, 5) is 31.5. The van der Waals surface area contributed by atoms with Crippen LogP contribution in [-0.2, 0) is 11.2 Å². The highest BCUT2D eigenvalue weighted by molar-refractivity contribution is 5.94. The summed E-state index contributed by atoms with van der Waals surface area (Å²) in [5.41, 5.74) is 2.72. The lowest BCUT2D eigenvalue weighted by atomic mass is 10.1. The summed E-state index contributed by atoms with van der Waals surface area (Å²) >= 11 is 0. The first kappa shape index (κ1) is 15.3. The lowest BCUT2D eigenvalue weighted by molar-refractivity contribution is -0.132. The number of H-pyrrole nitrogens is 1. The molecule has 5 nitrogen and oxygen atoms in total. The second kappa shape index (κ2) is 6.69. The Bertz CT molecular complexity index is 686. The van der Waals surface area contributed by atoms with Crippen molar-refractivity contribution < 1.29 is 9.59 Å². The molecule has 1 saturated heterocycles. The van der Waals surface area contributed by atoms with E-state index < -0.39 is 0 Å². The normalized spacial score (nSPS) is 14.8. The van der Waals surface area contributed by atoms with Gasteiger partial charge in [-0.3, -0.25) is 9.59 Å². The number of carbonyl (C=O) groups is 2. The van der Waals surface area contributed by atoms with Gasteiger partial charge in [0.05, 0.1) is 6.42 Å². The van der Waals surface area contributed by atoms with Crippen LogP contribution in [0.15, 0.2) is 42.6 Å². The highest BCUT2D eigenvalue weighted by atomic mass is 16.2. The second-order valence-electron chi connectivity index (χ2n) is 5.91. The molecule has 120 valence electrons. The zero-order valence-corrected chi connectivity index (χ0v) is 13.3. The second-order valence-corrected chi connectivity index (χ2v) is 5.91. The van der Waals surface area contributed by atoms with E-state index in [4.69, 9.17) is 0 Å². The highest BCUT2D eigenvalue weighted by Gasteiger charge is 2.24. The Labute approximate surface area is 135 Å². The fourth-order valence-electron chi connectivity index (χ4n) is 2.87. The third-order valence-electron chi connectivity index (χ3n) is 4.19. The minimum Gasteiger partial charge on any atom is -0.365 e. The number of amides is 2. The fraction of sp³-hybridized carbons (Fsp3) is 0.333. The minimum absolute atomic E-state index is 0.0465. The van der Waals surface area contributed by atoms with Gasteiger partial charge in [0.15, 0.2) is 0 Å². The molecule has 2 heterocycles. The number of aromatic nitrogens is 1. The van der Waals surface area contributed by atoms with E-state index in [9.17, 15) is 9.59 Å². The van der Waals surface area contributed by atoms with Gasteiger partial charge >= 0.3 is 0 Å². The number of nitrogens with one attached hydrogen (secondary N) is 1. The van der Waals surface area contributed by atoms with Gasteiger partial charge in [-0.05, 0) is 31.2 Å². The van der Waals surface area contributed by atoms with Gasteiger partial charge in [-0.15, -0.1) is 0 Å². The van der Waals surface area contributed by atoms with Crippen molar-refractivity contribution in [3.8, 4) is 0 Å². The van der Waals surface area contributed by atoms with E-state index in [1.165, 1.54) is 0 Å². The lowest BCUT2D eigenvalue weighted by Gasteiger charge is -2.34. The molecule has 0 unspecified atom stereocenters. The number of piperazine rings is 1. The molecule has 0 radical (unpaired) electrons.